The van der Waals surface area contributed by atoms with Crippen LogP contribution >= 0.6 is 23.4 Å². The molecule has 0 aliphatic carbocycles. The van der Waals surface area contributed by atoms with Gasteiger partial charge >= 0.3 is 0 Å². The number of hydrogen-bond acceptors (Lipinski definition) is 6. The minimum Gasteiger partial charge on any atom is -0.325 e. The van der Waals surface area contributed by atoms with Crippen molar-refractivity contribution in [2.45, 2.75) is 11.6 Å². The number of carbonyl (C=O) groups is 1. The zero-order valence-corrected chi connectivity index (χ0v) is 16.5. The third kappa shape index (κ3) is 4.52. The van der Waals surface area contributed by atoms with Gasteiger partial charge in [0.05, 0.1) is 12.3 Å². The molecule has 0 radical (unpaired) electrons. The average Bonchev–Trinajstić information content (AvgIpc) is 3.13. The molecule has 2 aromatic heterocycles. The molecule has 0 bridgehead atoms. The first kappa shape index (κ1) is 19.3. The predicted octanol–water partition coefficient (Wildman–Crippen LogP) is 3.79. The van der Waals surface area contributed by atoms with Gasteiger partial charge in [0.2, 0.25) is 5.91 Å². The summed E-state index contributed by atoms with van der Waals surface area (Å²) < 4.78 is 15.4. The van der Waals surface area contributed by atoms with Gasteiger partial charge in [0, 0.05) is 16.3 Å². The first-order valence-electron chi connectivity index (χ1n) is 8.56. The van der Waals surface area contributed by atoms with Crippen molar-refractivity contribution in [2.75, 3.05) is 11.1 Å². The monoisotopic (exact) mass is 428 g/mol. The Morgan fingerprint density at radius 3 is 2.72 bits per heavy atom. The summed E-state index contributed by atoms with van der Waals surface area (Å²) in [4.78, 5) is 20.6. The number of halogens is 2. The van der Waals surface area contributed by atoms with Crippen LogP contribution < -0.4 is 5.32 Å². The predicted molar refractivity (Wildman–Crippen MR) is 109 cm³/mol. The summed E-state index contributed by atoms with van der Waals surface area (Å²) in [6, 6.07) is 13.3. The van der Waals surface area contributed by atoms with Gasteiger partial charge in [-0.2, -0.15) is 0 Å². The van der Waals surface area contributed by atoms with Crippen molar-refractivity contribution < 1.29 is 9.18 Å². The van der Waals surface area contributed by atoms with Gasteiger partial charge in [-0.05, 0) is 30.3 Å². The van der Waals surface area contributed by atoms with Crippen LogP contribution in [0.4, 0.5) is 10.1 Å². The Hall–Kier alpha value is -3.04. The van der Waals surface area contributed by atoms with Crippen molar-refractivity contribution >= 4 is 46.1 Å². The molecule has 29 heavy (non-hydrogen) atoms. The zero-order valence-electron chi connectivity index (χ0n) is 14.9. The van der Waals surface area contributed by atoms with E-state index in [0.29, 0.717) is 32.5 Å². The van der Waals surface area contributed by atoms with Gasteiger partial charge in [0.25, 0.3) is 0 Å². The van der Waals surface area contributed by atoms with Crippen molar-refractivity contribution in [1.82, 2.24) is 25.0 Å². The van der Waals surface area contributed by atoms with Crippen LogP contribution in [0, 0.1) is 5.82 Å². The van der Waals surface area contributed by atoms with E-state index in [1.807, 2.05) is 0 Å². The summed E-state index contributed by atoms with van der Waals surface area (Å²) in [5, 5.41) is 12.1. The van der Waals surface area contributed by atoms with Gasteiger partial charge in [-0.3, -0.25) is 4.79 Å². The van der Waals surface area contributed by atoms with Gasteiger partial charge in [-0.15, -0.1) is 5.10 Å². The largest absolute Gasteiger partial charge is 0.325 e. The first-order valence-corrected chi connectivity index (χ1v) is 9.92. The van der Waals surface area contributed by atoms with Gasteiger partial charge in [0.1, 0.15) is 17.2 Å². The SMILES string of the molecule is O=C(CSc1ncnc2c1nnn2Cc1ccccc1F)Nc1ccc(Cl)cc1. The molecule has 4 aromatic rings. The summed E-state index contributed by atoms with van der Waals surface area (Å²) in [6.07, 6.45) is 1.38. The van der Waals surface area contributed by atoms with E-state index in [-0.39, 0.29) is 24.0 Å². The van der Waals surface area contributed by atoms with Crippen LogP contribution in [-0.2, 0) is 11.3 Å². The zero-order chi connectivity index (χ0) is 20.2. The van der Waals surface area contributed by atoms with E-state index in [2.05, 4.69) is 25.6 Å². The lowest BCUT2D eigenvalue weighted by Crippen LogP contribution is -2.14. The Morgan fingerprint density at radius 1 is 1.14 bits per heavy atom. The molecule has 7 nitrogen and oxygen atoms in total. The summed E-state index contributed by atoms with van der Waals surface area (Å²) in [6.45, 7) is 0.196. The fourth-order valence-corrected chi connectivity index (χ4v) is 3.49. The number of thioether (sulfide) groups is 1. The Morgan fingerprint density at radius 2 is 1.93 bits per heavy atom. The highest BCUT2D eigenvalue weighted by molar-refractivity contribution is 8.00. The van der Waals surface area contributed by atoms with E-state index in [1.165, 1.54) is 28.8 Å². The number of nitrogens with zero attached hydrogens (tertiary/aromatic N) is 5. The van der Waals surface area contributed by atoms with Crippen molar-refractivity contribution in [3.05, 3.63) is 71.3 Å². The third-order valence-corrected chi connectivity index (χ3v) is 5.24. The minimum absolute atomic E-state index is 0.134. The minimum atomic E-state index is -0.321. The highest BCUT2D eigenvalue weighted by atomic mass is 35.5. The van der Waals surface area contributed by atoms with Crippen molar-refractivity contribution in [2.24, 2.45) is 0 Å². The molecule has 2 heterocycles. The van der Waals surface area contributed by atoms with Crippen LogP contribution in [0.15, 0.2) is 59.9 Å². The average molecular weight is 429 g/mol. The lowest BCUT2D eigenvalue weighted by Gasteiger charge is -2.05. The fraction of sp³-hybridized carbons (Fsp3) is 0.105. The van der Waals surface area contributed by atoms with Gasteiger partial charge < -0.3 is 5.32 Å². The van der Waals surface area contributed by atoms with Crippen molar-refractivity contribution in [1.29, 1.82) is 0 Å². The number of hydrogen-bond donors (Lipinski definition) is 1. The molecule has 0 fully saturated rings. The highest BCUT2D eigenvalue weighted by Crippen LogP contribution is 2.23. The maximum atomic E-state index is 13.9. The van der Waals surface area contributed by atoms with Crippen LogP contribution in [0.25, 0.3) is 11.2 Å². The molecule has 0 unspecified atom stereocenters. The molecule has 1 amide bonds. The molecule has 0 atom stereocenters. The molecule has 2 aromatic carbocycles. The lowest BCUT2D eigenvalue weighted by atomic mass is 10.2. The maximum absolute atomic E-state index is 13.9. The molecule has 146 valence electrons. The van der Waals surface area contributed by atoms with Crippen molar-refractivity contribution in [3.63, 3.8) is 0 Å². The van der Waals surface area contributed by atoms with Gasteiger partial charge in [-0.1, -0.05) is 46.8 Å². The second-order valence-corrected chi connectivity index (χ2v) is 7.43. The van der Waals surface area contributed by atoms with Crippen LogP contribution in [0.3, 0.4) is 0 Å². The highest BCUT2D eigenvalue weighted by Gasteiger charge is 2.15. The standard InChI is InChI=1S/C19H14ClFN6OS/c20-13-5-7-14(8-6-13)24-16(28)10-29-19-17-18(22-11-23-19)27(26-25-17)9-12-3-1-2-4-15(12)21/h1-8,11H,9-10H2,(H,24,28). The van der Waals surface area contributed by atoms with Gasteiger partial charge in [-0.25, -0.2) is 19.0 Å². The number of rotatable bonds is 6. The Kier molecular flexibility index (Phi) is 5.68. The number of amides is 1. The second-order valence-electron chi connectivity index (χ2n) is 6.03. The normalized spacial score (nSPS) is 11.0. The van der Waals surface area contributed by atoms with E-state index in [4.69, 9.17) is 11.6 Å². The summed E-state index contributed by atoms with van der Waals surface area (Å²) in [5.41, 5.74) is 2.08. The second kappa shape index (κ2) is 8.54. The molecule has 0 saturated carbocycles. The smallest absolute Gasteiger partial charge is 0.234 e. The summed E-state index contributed by atoms with van der Waals surface area (Å²) >= 11 is 7.06. The molecule has 0 saturated heterocycles. The van der Waals surface area contributed by atoms with Crippen LogP contribution in [0.2, 0.25) is 5.02 Å². The first-order chi connectivity index (χ1) is 14.1. The van der Waals surface area contributed by atoms with E-state index in [0.717, 1.165) is 0 Å². The number of benzene rings is 2. The number of anilines is 1. The van der Waals surface area contributed by atoms with E-state index < -0.39 is 0 Å². The van der Waals surface area contributed by atoms with E-state index in [1.54, 1.807) is 42.5 Å². The molecule has 0 aliphatic heterocycles. The summed E-state index contributed by atoms with van der Waals surface area (Å²) in [7, 11) is 0. The number of aromatic nitrogens is 5. The molecule has 1 N–H and O–H groups in total. The molecular formula is C19H14ClFN6OS. The summed E-state index contributed by atoms with van der Waals surface area (Å²) in [5.74, 6) is -0.379. The third-order valence-electron chi connectivity index (χ3n) is 4.01. The van der Waals surface area contributed by atoms with Crippen LogP contribution in [-0.4, -0.2) is 36.6 Å². The number of carbonyl (C=O) groups excluding carboxylic acids is 1. The quantitative estimate of drug-likeness (QED) is 0.371. The van der Waals surface area contributed by atoms with Crippen LogP contribution in [0.5, 0.6) is 0 Å². The molecule has 0 spiro atoms. The van der Waals surface area contributed by atoms with E-state index in [9.17, 15) is 9.18 Å². The molecule has 10 heteroatoms. The molecular weight excluding hydrogens is 415 g/mol. The van der Waals surface area contributed by atoms with Gasteiger partial charge in [0.15, 0.2) is 11.2 Å². The molecule has 0 aliphatic rings. The van der Waals surface area contributed by atoms with Crippen molar-refractivity contribution in [3.8, 4) is 0 Å². The lowest BCUT2D eigenvalue weighted by molar-refractivity contribution is -0.113. The Bertz CT molecular complexity index is 1170. The Labute approximate surface area is 174 Å². The van der Waals surface area contributed by atoms with E-state index >= 15 is 0 Å². The number of nitrogens with one attached hydrogen (secondary N) is 1. The number of fused-ring (bicyclic) bond motifs is 1. The van der Waals surface area contributed by atoms with Crippen LogP contribution in [0.1, 0.15) is 5.56 Å². The maximum Gasteiger partial charge on any atom is 0.234 e. The fourth-order valence-electron chi connectivity index (χ4n) is 2.64. The topological polar surface area (TPSA) is 85.6 Å². The molecule has 4 rings (SSSR count). The Balaban J connectivity index is 1.47.